The van der Waals surface area contributed by atoms with Crippen molar-refractivity contribution in [2.45, 2.75) is 38.5 Å². The summed E-state index contributed by atoms with van der Waals surface area (Å²) in [5.41, 5.74) is 3.00. The number of carbonyl (C=O) groups is 2. The Hall–Kier alpha value is -2.59. The highest BCUT2D eigenvalue weighted by molar-refractivity contribution is 6.31. The van der Waals surface area contributed by atoms with Crippen LogP contribution in [0.3, 0.4) is 0 Å². The number of aliphatic carboxylic acids is 1. The monoisotopic (exact) mass is 383 g/mol. The molecule has 0 aliphatic rings. The molecule has 0 saturated heterocycles. The molecule has 3 rings (SSSR count). The van der Waals surface area contributed by atoms with Gasteiger partial charge in [0, 0.05) is 34.1 Å². The lowest BCUT2D eigenvalue weighted by molar-refractivity contribution is -0.138. The number of Topliss-reactive ketones (excluding diaryl/α,β-unsaturated/α-hetero) is 1. The van der Waals surface area contributed by atoms with Crippen LogP contribution in [0.5, 0.6) is 0 Å². The molecule has 0 saturated carbocycles. The van der Waals surface area contributed by atoms with Crippen molar-refractivity contribution in [3.05, 3.63) is 70.4 Å². The Balaban J connectivity index is 1.88. The van der Waals surface area contributed by atoms with Crippen molar-refractivity contribution in [3.63, 3.8) is 0 Å². The Morgan fingerprint density at radius 1 is 1.11 bits per heavy atom. The first-order valence-electron chi connectivity index (χ1n) is 8.80. The molecular weight excluding hydrogens is 362 g/mol. The quantitative estimate of drug-likeness (QED) is 0.566. The average molecular weight is 384 g/mol. The molecule has 0 fully saturated rings. The predicted molar refractivity (Wildman–Crippen MR) is 108 cm³/mol. The summed E-state index contributed by atoms with van der Waals surface area (Å²) in [5, 5.41) is 11.0. The van der Waals surface area contributed by atoms with E-state index >= 15 is 0 Å². The van der Waals surface area contributed by atoms with E-state index in [9.17, 15) is 14.7 Å². The zero-order valence-electron chi connectivity index (χ0n) is 15.5. The SMILES string of the molecule is CC(C)(C)c1ccc(C(=O)CC(C(=O)O)c2c[nH]c3cc(Cl)ccc23)cc1. The molecule has 0 aliphatic carbocycles. The van der Waals surface area contributed by atoms with E-state index in [0.717, 1.165) is 16.5 Å². The molecule has 0 amide bonds. The summed E-state index contributed by atoms with van der Waals surface area (Å²) in [5.74, 6) is -2.13. The number of nitrogens with one attached hydrogen (secondary N) is 1. The summed E-state index contributed by atoms with van der Waals surface area (Å²) >= 11 is 5.99. The number of carboxylic acid groups (broad SMARTS) is 1. The number of aromatic nitrogens is 1. The van der Waals surface area contributed by atoms with E-state index in [1.807, 2.05) is 12.1 Å². The average Bonchev–Trinajstić information content (AvgIpc) is 3.01. The Bertz CT molecular complexity index is 997. The van der Waals surface area contributed by atoms with Gasteiger partial charge in [-0.3, -0.25) is 9.59 Å². The van der Waals surface area contributed by atoms with Gasteiger partial charge in [-0.2, -0.15) is 0 Å². The van der Waals surface area contributed by atoms with Crippen molar-refractivity contribution in [2.24, 2.45) is 0 Å². The first-order valence-corrected chi connectivity index (χ1v) is 9.17. The van der Waals surface area contributed by atoms with E-state index in [-0.39, 0.29) is 17.6 Å². The molecule has 1 atom stereocenters. The third-order valence-corrected chi connectivity index (χ3v) is 5.05. The van der Waals surface area contributed by atoms with Crippen molar-refractivity contribution in [2.75, 3.05) is 0 Å². The molecule has 1 aromatic heterocycles. The molecule has 4 nitrogen and oxygen atoms in total. The van der Waals surface area contributed by atoms with Gasteiger partial charge in [0.05, 0.1) is 5.92 Å². The Morgan fingerprint density at radius 3 is 2.37 bits per heavy atom. The van der Waals surface area contributed by atoms with Crippen LogP contribution < -0.4 is 0 Å². The van der Waals surface area contributed by atoms with Gasteiger partial charge in [0.15, 0.2) is 5.78 Å². The van der Waals surface area contributed by atoms with Crippen LogP contribution >= 0.6 is 11.6 Å². The number of hydrogen-bond donors (Lipinski definition) is 2. The smallest absolute Gasteiger partial charge is 0.311 e. The van der Waals surface area contributed by atoms with Crippen LogP contribution in [0, 0.1) is 0 Å². The van der Waals surface area contributed by atoms with E-state index < -0.39 is 11.9 Å². The number of aromatic amines is 1. The molecule has 0 aliphatic heterocycles. The largest absolute Gasteiger partial charge is 0.481 e. The van der Waals surface area contributed by atoms with E-state index in [1.54, 1.807) is 36.5 Å². The van der Waals surface area contributed by atoms with Gasteiger partial charge in [-0.15, -0.1) is 0 Å². The minimum absolute atomic E-state index is 0.00348. The number of benzene rings is 2. The second-order valence-electron chi connectivity index (χ2n) is 7.78. The summed E-state index contributed by atoms with van der Waals surface area (Å²) in [7, 11) is 0. The van der Waals surface area contributed by atoms with Gasteiger partial charge in [-0.05, 0) is 28.7 Å². The van der Waals surface area contributed by atoms with E-state index in [1.165, 1.54) is 0 Å². The van der Waals surface area contributed by atoms with Crippen LogP contribution in [0.15, 0.2) is 48.7 Å². The summed E-state index contributed by atoms with van der Waals surface area (Å²) in [6.45, 7) is 6.31. The second-order valence-corrected chi connectivity index (χ2v) is 8.22. The molecule has 5 heteroatoms. The van der Waals surface area contributed by atoms with Crippen LogP contribution in [-0.2, 0) is 10.2 Å². The Labute approximate surface area is 163 Å². The molecule has 1 unspecified atom stereocenters. The number of carbonyl (C=O) groups excluding carboxylic acids is 1. The summed E-state index contributed by atoms with van der Waals surface area (Å²) in [6, 6.07) is 12.6. The maximum atomic E-state index is 12.7. The van der Waals surface area contributed by atoms with Gasteiger partial charge < -0.3 is 10.1 Å². The van der Waals surface area contributed by atoms with Crippen LogP contribution in [0.2, 0.25) is 5.02 Å². The van der Waals surface area contributed by atoms with Crippen LogP contribution in [-0.4, -0.2) is 21.8 Å². The highest BCUT2D eigenvalue weighted by Crippen LogP contribution is 2.31. The Morgan fingerprint density at radius 2 is 1.78 bits per heavy atom. The molecule has 0 bridgehead atoms. The molecule has 27 heavy (non-hydrogen) atoms. The third-order valence-electron chi connectivity index (χ3n) is 4.81. The summed E-state index contributed by atoms with van der Waals surface area (Å²) in [6.07, 6.45) is 1.55. The lowest BCUT2D eigenvalue weighted by Gasteiger charge is -2.19. The van der Waals surface area contributed by atoms with E-state index in [4.69, 9.17) is 11.6 Å². The molecule has 0 spiro atoms. The number of fused-ring (bicyclic) bond motifs is 1. The first kappa shape index (κ1) is 19.2. The maximum absolute atomic E-state index is 12.7. The zero-order chi connectivity index (χ0) is 19.8. The summed E-state index contributed by atoms with van der Waals surface area (Å²) in [4.78, 5) is 27.6. The predicted octanol–water partition coefficient (Wildman–Crippen LogP) is 5.56. The minimum Gasteiger partial charge on any atom is -0.481 e. The van der Waals surface area contributed by atoms with Crippen molar-refractivity contribution in [1.29, 1.82) is 0 Å². The lowest BCUT2D eigenvalue weighted by Crippen LogP contribution is -2.16. The van der Waals surface area contributed by atoms with Crippen LogP contribution in [0.25, 0.3) is 10.9 Å². The molecule has 1 heterocycles. The van der Waals surface area contributed by atoms with Crippen molar-refractivity contribution in [3.8, 4) is 0 Å². The molecule has 0 radical (unpaired) electrons. The number of carboxylic acids is 1. The van der Waals surface area contributed by atoms with E-state index in [0.29, 0.717) is 16.1 Å². The van der Waals surface area contributed by atoms with Gasteiger partial charge in [-0.1, -0.05) is 62.7 Å². The lowest BCUT2D eigenvalue weighted by atomic mass is 9.85. The number of halogens is 1. The highest BCUT2D eigenvalue weighted by atomic mass is 35.5. The van der Waals surface area contributed by atoms with Gasteiger partial charge >= 0.3 is 5.97 Å². The number of hydrogen-bond acceptors (Lipinski definition) is 2. The van der Waals surface area contributed by atoms with Crippen LogP contribution in [0.4, 0.5) is 0 Å². The summed E-state index contributed by atoms with van der Waals surface area (Å²) < 4.78 is 0. The second kappa shape index (κ2) is 7.20. The topological polar surface area (TPSA) is 70.2 Å². The normalized spacial score (nSPS) is 12.9. The molecular formula is C22H22ClNO3. The van der Waals surface area contributed by atoms with Gasteiger partial charge in [0.1, 0.15) is 0 Å². The number of rotatable bonds is 5. The van der Waals surface area contributed by atoms with Crippen molar-refractivity contribution in [1.82, 2.24) is 4.98 Å². The third kappa shape index (κ3) is 4.06. The van der Waals surface area contributed by atoms with Crippen molar-refractivity contribution < 1.29 is 14.7 Å². The Kier molecular flexibility index (Phi) is 5.11. The minimum atomic E-state index is -1.02. The zero-order valence-corrected chi connectivity index (χ0v) is 16.3. The molecule has 2 aromatic carbocycles. The fraction of sp³-hybridized carbons (Fsp3) is 0.273. The maximum Gasteiger partial charge on any atom is 0.311 e. The molecule has 2 N–H and O–H groups in total. The fourth-order valence-electron chi connectivity index (χ4n) is 3.20. The number of ketones is 1. The van der Waals surface area contributed by atoms with Gasteiger partial charge in [0.25, 0.3) is 0 Å². The first-order chi connectivity index (χ1) is 12.7. The van der Waals surface area contributed by atoms with Gasteiger partial charge in [0.2, 0.25) is 0 Å². The number of H-pyrrole nitrogens is 1. The van der Waals surface area contributed by atoms with Crippen molar-refractivity contribution >= 4 is 34.3 Å². The van der Waals surface area contributed by atoms with Crippen LogP contribution in [0.1, 0.15) is 54.6 Å². The fourth-order valence-corrected chi connectivity index (χ4v) is 3.37. The standard InChI is InChI=1S/C22H22ClNO3/c1-22(2,3)14-6-4-13(5-7-14)20(25)11-17(21(26)27)18-12-24-19-10-15(23)8-9-16(18)19/h4-10,12,17,24H,11H2,1-3H3,(H,26,27). The molecule has 140 valence electrons. The highest BCUT2D eigenvalue weighted by Gasteiger charge is 2.26. The van der Waals surface area contributed by atoms with E-state index in [2.05, 4.69) is 25.8 Å². The van der Waals surface area contributed by atoms with Gasteiger partial charge in [-0.25, -0.2) is 0 Å². The molecule has 3 aromatic rings.